The lowest BCUT2D eigenvalue weighted by Gasteiger charge is -2.05. The molecule has 2 aromatic carbocycles. The van der Waals surface area contributed by atoms with Gasteiger partial charge >= 0.3 is 0 Å². The van der Waals surface area contributed by atoms with Crippen LogP contribution in [0.3, 0.4) is 0 Å². The number of nitrogens with zero attached hydrogens (tertiary/aromatic N) is 2. The van der Waals surface area contributed by atoms with Gasteiger partial charge in [-0.15, -0.1) is 10.2 Å². The number of methoxy groups -OCH3 is 1. The molecule has 2 amide bonds. The van der Waals surface area contributed by atoms with E-state index in [1.165, 1.54) is 23.1 Å². The van der Waals surface area contributed by atoms with Gasteiger partial charge in [0.1, 0.15) is 5.75 Å². The predicted molar refractivity (Wildman–Crippen MR) is 111 cm³/mol. The minimum atomic E-state index is -0.156. The molecule has 1 heterocycles. The van der Waals surface area contributed by atoms with Crippen molar-refractivity contribution in [3.63, 3.8) is 0 Å². The highest BCUT2D eigenvalue weighted by Crippen LogP contribution is 2.25. The first-order valence-corrected chi connectivity index (χ1v) is 10.2. The van der Waals surface area contributed by atoms with Crippen molar-refractivity contribution in [1.82, 2.24) is 10.2 Å². The van der Waals surface area contributed by atoms with Crippen LogP contribution in [0.5, 0.6) is 5.75 Å². The molecule has 0 saturated heterocycles. The Labute approximate surface area is 170 Å². The van der Waals surface area contributed by atoms with Crippen LogP contribution in [-0.2, 0) is 16.0 Å². The number of amides is 2. The van der Waals surface area contributed by atoms with Crippen molar-refractivity contribution in [2.75, 3.05) is 23.5 Å². The van der Waals surface area contributed by atoms with Crippen LogP contribution in [0, 0.1) is 0 Å². The van der Waals surface area contributed by atoms with E-state index < -0.39 is 0 Å². The molecule has 0 aliphatic rings. The largest absolute Gasteiger partial charge is 0.497 e. The maximum absolute atomic E-state index is 12.1. The molecule has 0 spiro atoms. The van der Waals surface area contributed by atoms with E-state index in [-0.39, 0.29) is 24.0 Å². The number of aromatic nitrogens is 2. The summed E-state index contributed by atoms with van der Waals surface area (Å²) in [5.41, 5.74) is 1.62. The molecule has 0 saturated carbocycles. The average Bonchev–Trinajstić information content (AvgIpc) is 3.15. The molecule has 0 aliphatic heterocycles. The third-order valence-corrected chi connectivity index (χ3v) is 5.53. The molecule has 0 fully saturated rings. The Kier molecular flexibility index (Phi) is 6.99. The summed E-state index contributed by atoms with van der Waals surface area (Å²) in [6, 6.07) is 16.6. The molecule has 3 aromatic rings. The molecule has 0 radical (unpaired) electrons. The number of benzene rings is 2. The van der Waals surface area contributed by atoms with E-state index in [0.29, 0.717) is 15.2 Å². The number of nitrogens with one attached hydrogen (secondary N) is 2. The minimum absolute atomic E-state index is 0.153. The van der Waals surface area contributed by atoms with Crippen LogP contribution in [-0.4, -0.2) is 34.9 Å². The number of carbonyl (C=O) groups excluding carboxylic acids is 2. The van der Waals surface area contributed by atoms with Crippen LogP contribution in [0.1, 0.15) is 5.56 Å². The van der Waals surface area contributed by atoms with Gasteiger partial charge in [-0.05, 0) is 29.8 Å². The van der Waals surface area contributed by atoms with Crippen LogP contribution < -0.4 is 15.4 Å². The van der Waals surface area contributed by atoms with Gasteiger partial charge < -0.3 is 15.4 Å². The molecule has 144 valence electrons. The van der Waals surface area contributed by atoms with Gasteiger partial charge in [0.25, 0.3) is 0 Å². The highest BCUT2D eigenvalue weighted by Gasteiger charge is 2.11. The van der Waals surface area contributed by atoms with E-state index in [9.17, 15) is 9.59 Å². The van der Waals surface area contributed by atoms with Crippen LogP contribution in [0.15, 0.2) is 58.9 Å². The molecule has 0 aliphatic carbocycles. The Morgan fingerprint density at radius 3 is 2.46 bits per heavy atom. The SMILES string of the molecule is COc1ccc(NC(=O)CSc2nnc(NC(=O)Cc3ccccc3)s2)cc1. The van der Waals surface area contributed by atoms with Gasteiger partial charge in [0.05, 0.1) is 19.3 Å². The second-order valence-corrected chi connectivity index (χ2v) is 7.85. The van der Waals surface area contributed by atoms with Crippen molar-refractivity contribution in [3.8, 4) is 5.75 Å². The number of thioether (sulfide) groups is 1. The van der Waals surface area contributed by atoms with Gasteiger partial charge in [0, 0.05) is 5.69 Å². The van der Waals surface area contributed by atoms with E-state index in [4.69, 9.17) is 4.74 Å². The number of hydrogen-bond donors (Lipinski definition) is 2. The number of rotatable bonds is 8. The predicted octanol–water partition coefficient (Wildman–Crippen LogP) is 3.46. The fourth-order valence-electron chi connectivity index (χ4n) is 2.26. The Morgan fingerprint density at radius 1 is 1.00 bits per heavy atom. The zero-order valence-electron chi connectivity index (χ0n) is 15.0. The van der Waals surface area contributed by atoms with Gasteiger partial charge in [-0.25, -0.2) is 0 Å². The Balaban J connectivity index is 1.44. The number of anilines is 2. The van der Waals surface area contributed by atoms with Crippen molar-refractivity contribution in [2.24, 2.45) is 0 Å². The Morgan fingerprint density at radius 2 is 1.75 bits per heavy atom. The summed E-state index contributed by atoms with van der Waals surface area (Å²) in [4.78, 5) is 24.1. The molecular weight excluding hydrogens is 396 g/mol. The summed E-state index contributed by atoms with van der Waals surface area (Å²) in [7, 11) is 1.59. The van der Waals surface area contributed by atoms with Crippen molar-refractivity contribution in [1.29, 1.82) is 0 Å². The van der Waals surface area contributed by atoms with E-state index >= 15 is 0 Å². The third kappa shape index (κ3) is 6.07. The van der Waals surface area contributed by atoms with E-state index in [1.807, 2.05) is 30.3 Å². The molecule has 0 unspecified atom stereocenters. The van der Waals surface area contributed by atoms with Crippen molar-refractivity contribution in [2.45, 2.75) is 10.8 Å². The van der Waals surface area contributed by atoms with Crippen molar-refractivity contribution < 1.29 is 14.3 Å². The second kappa shape index (κ2) is 9.86. The zero-order valence-corrected chi connectivity index (χ0v) is 16.7. The topological polar surface area (TPSA) is 93.2 Å². The average molecular weight is 415 g/mol. The summed E-state index contributed by atoms with van der Waals surface area (Å²) in [6.45, 7) is 0. The zero-order chi connectivity index (χ0) is 19.8. The fraction of sp³-hybridized carbons (Fsp3) is 0.158. The molecule has 1 aromatic heterocycles. The first kappa shape index (κ1) is 19.8. The van der Waals surface area contributed by atoms with E-state index in [0.717, 1.165) is 11.3 Å². The minimum Gasteiger partial charge on any atom is -0.497 e. The molecule has 28 heavy (non-hydrogen) atoms. The number of carbonyl (C=O) groups is 2. The van der Waals surface area contributed by atoms with E-state index in [1.54, 1.807) is 31.4 Å². The number of hydrogen-bond acceptors (Lipinski definition) is 7. The quantitative estimate of drug-likeness (QED) is 0.433. The van der Waals surface area contributed by atoms with Crippen LogP contribution in [0.25, 0.3) is 0 Å². The maximum Gasteiger partial charge on any atom is 0.234 e. The van der Waals surface area contributed by atoms with E-state index in [2.05, 4.69) is 20.8 Å². The van der Waals surface area contributed by atoms with Gasteiger partial charge in [-0.2, -0.15) is 0 Å². The molecule has 3 rings (SSSR count). The summed E-state index contributed by atoms with van der Waals surface area (Å²) < 4.78 is 5.69. The molecular formula is C19H18N4O3S2. The summed E-state index contributed by atoms with van der Waals surface area (Å²) in [6.07, 6.45) is 0.271. The molecule has 7 nitrogen and oxygen atoms in total. The molecule has 0 atom stereocenters. The third-order valence-electron chi connectivity index (χ3n) is 3.56. The second-order valence-electron chi connectivity index (χ2n) is 5.65. The Hall–Kier alpha value is -2.91. The highest BCUT2D eigenvalue weighted by atomic mass is 32.2. The lowest BCUT2D eigenvalue weighted by atomic mass is 10.1. The molecule has 0 bridgehead atoms. The van der Waals surface area contributed by atoms with Crippen LogP contribution >= 0.6 is 23.1 Å². The first-order chi connectivity index (χ1) is 13.6. The van der Waals surface area contributed by atoms with Crippen LogP contribution in [0.4, 0.5) is 10.8 Å². The summed E-state index contributed by atoms with van der Waals surface area (Å²) in [5, 5.41) is 13.9. The highest BCUT2D eigenvalue weighted by molar-refractivity contribution is 8.01. The molecule has 9 heteroatoms. The normalized spacial score (nSPS) is 10.3. The summed E-state index contributed by atoms with van der Waals surface area (Å²) in [5.74, 6) is 0.609. The monoisotopic (exact) mass is 414 g/mol. The molecule has 2 N–H and O–H groups in total. The van der Waals surface area contributed by atoms with Crippen molar-refractivity contribution in [3.05, 3.63) is 60.2 Å². The lowest BCUT2D eigenvalue weighted by molar-refractivity contribution is -0.115. The lowest BCUT2D eigenvalue weighted by Crippen LogP contribution is -2.14. The van der Waals surface area contributed by atoms with Gasteiger partial charge in [0.15, 0.2) is 4.34 Å². The Bertz CT molecular complexity index is 930. The number of ether oxygens (including phenoxy) is 1. The van der Waals surface area contributed by atoms with Crippen molar-refractivity contribution >= 4 is 45.7 Å². The van der Waals surface area contributed by atoms with Gasteiger partial charge in [-0.3, -0.25) is 9.59 Å². The van der Waals surface area contributed by atoms with Gasteiger partial charge in [-0.1, -0.05) is 53.4 Å². The standard InChI is InChI=1S/C19H18N4O3S2/c1-26-15-9-7-14(8-10-15)20-17(25)12-27-19-23-22-18(28-19)21-16(24)11-13-5-3-2-4-6-13/h2-10H,11-12H2,1H3,(H,20,25)(H,21,22,24). The maximum atomic E-state index is 12.1. The first-order valence-electron chi connectivity index (χ1n) is 8.36. The van der Waals surface area contributed by atoms with Crippen LogP contribution in [0.2, 0.25) is 0 Å². The smallest absolute Gasteiger partial charge is 0.234 e. The summed E-state index contributed by atoms with van der Waals surface area (Å²) >= 11 is 2.50. The fourth-order valence-corrected chi connectivity index (χ4v) is 3.83. The van der Waals surface area contributed by atoms with Gasteiger partial charge in [0.2, 0.25) is 16.9 Å².